The van der Waals surface area contributed by atoms with E-state index < -0.39 is 12.1 Å². The molecular weight excluding hydrogens is 637 g/mol. The predicted molar refractivity (Wildman–Crippen MR) is 213 cm³/mol. The van der Waals surface area contributed by atoms with Crippen LogP contribution >= 0.6 is 0 Å². The topological polar surface area (TPSA) is 56.7 Å². The highest BCUT2D eigenvalue weighted by molar-refractivity contribution is 6.21. The van der Waals surface area contributed by atoms with Crippen LogP contribution in [0.4, 0.5) is 0 Å². The number of fused-ring (bicyclic) bond motifs is 9. The molecule has 0 saturated carbocycles. The van der Waals surface area contributed by atoms with Crippen molar-refractivity contribution in [3.05, 3.63) is 170 Å². The van der Waals surface area contributed by atoms with E-state index in [9.17, 15) is 2.74 Å². The lowest BCUT2D eigenvalue weighted by Crippen LogP contribution is -2.01. The summed E-state index contributed by atoms with van der Waals surface area (Å²) in [5.74, 6) is 0.783. The fourth-order valence-corrected chi connectivity index (χ4v) is 7.36. The molecule has 0 amide bonds. The van der Waals surface area contributed by atoms with Gasteiger partial charge >= 0.3 is 0 Å². The first-order chi connectivity index (χ1) is 28.3. The molecule has 0 N–H and O–H groups in total. The van der Waals surface area contributed by atoms with Gasteiger partial charge in [0.05, 0.1) is 24.9 Å². The number of furan rings is 1. The van der Waals surface area contributed by atoms with Crippen LogP contribution < -0.4 is 0 Å². The van der Waals surface area contributed by atoms with Crippen LogP contribution in [0, 0.1) is 0 Å². The Morgan fingerprint density at radius 3 is 1.88 bits per heavy atom. The molecule has 0 radical (unpaired) electrons. The molecule has 0 aliphatic rings. The third-order valence-electron chi connectivity index (χ3n) is 9.73. The summed E-state index contributed by atoms with van der Waals surface area (Å²) in [6.45, 7) is 0. The monoisotopic (exact) mass is 670 g/mol. The zero-order chi connectivity index (χ0) is 39.4. The lowest BCUT2D eigenvalue weighted by atomic mass is 10.0. The molecular formula is C47H28N4O. The van der Waals surface area contributed by atoms with Crippen LogP contribution in [0.1, 0.15) is 8.22 Å². The molecule has 0 spiro atoms. The zero-order valence-electron chi connectivity index (χ0n) is 33.4. The molecule has 0 saturated heterocycles. The summed E-state index contributed by atoms with van der Waals surface area (Å²) in [6.07, 6.45) is 0. The van der Waals surface area contributed by atoms with E-state index in [0.29, 0.717) is 22.8 Å². The predicted octanol–water partition coefficient (Wildman–Crippen LogP) is 12.2. The van der Waals surface area contributed by atoms with Gasteiger partial charge in [0.2, 0.25) is 0 Å². The van der Waals surface area contributed by atoms with Gasteiger partial charge in [-0.15, -0.1) is 0 Å². The second-order valence-corrected chi connectivity index (χ2v) is 12.8. The van der Waals surface area contributed by atoms with Crippen LogP contribution in [-0.2, 0) is 0 Å². The van der Waals surface area contributed by atoms with Crippen LogP contribution in [0.25, 0.3) is 105 Å². The Balaban J connectivity index is 1.37. The molecule has 0 unspecified atom stereocenters. The molecule has 11 aromatic rings. The van der Waals surface area contributed by atoms with Gasteiger partial charge in [0.15, 0.2) is 17.5 Å². The Bertz CT molecular complexity index is 3470. The van der Waals surface area contributed by atoms with Crippen molar-refractivity contribution in [2.45, 2.75) is 0 Å². The number of hydrogen-bond acceptors (Lipinski definition) is 4. The highest BCUT2D eigenvalue weighted by Crippen LogP contribution is 2.43. The van der Waals surface area contributed by atoms with Crippen molar-refractivity contribution in [2.75, 3.05) is 0 Å². The quantitative estimate of drug-likeness (QED) is 0.187. The fraction of sp³-hybridized carbons (Fsp3) is 0. The first-order valence-electron chi connectivity index (χ1n) is 20.0. The number of aromatic nitrogens is 4. The largest absolute Gasteiger partial charge is 0.456 e. The van der Waals surface area contributed by atoms with Crippen LogP contribution in [0.5, 0.6) is 0 Å². The molecule has 0 aliphatic heterocycles. The van der Waals surface area contributed by atoms with Crippen molar-refractivity contribution in [1.82, 2.24) is 19.5 Å². The van der Waals surface area contributed by atoms with Gasteiger partial charge in [0.25, 0.3) is 0 Å². The SMILES string of the molecule is [2H]c1c([2H])c([2H])c2c(oc3c([2H])c(-n4c5cc6ccccc6cc5c5ccc6ccccc6c54)c([2H])c(-c4nc(-c5ccccc5)nc(-c5ccccc5)n4)c32)c1[2H]. The number of hydrogen-bond donors (Lipinski definition) is 0. The minimum Gasteiger partial charge on any atom is -0.456 e. The number of nitrogens with zero attached hydrogens (tertiary/aromatic N) is 4. The van der Waals surface area contributed by atoms with E-state index in [0.717, 1.165) is 43.4 Å². The van der Waals surface area contributed by atoms with Crippen molar-refractivity contribution in [2.24, 2.45) is 0 Å². The van der Waals surface area contributed by atoms with E-state index >= 15 is 0 Å². The minimum atomic E-state index is -0.463. The van der Waals surface area contributed by atoms with E-state index in [-0.39, 0.29) is 63.2 Å². The summed E-state index contributed by atoms with van der Waals surface area (Å²) in [6, 6.07) is 41.5. The Hall–Kier alpha value is -7.11. The van der Waals surface area contributed by atoms with Gasteiger partial charge in [0, 0.05) is 49.7 Å². The smallest absolute Gasteiger partial charge is 0.164 e. The first-order valence-corrected chi connectivity index (χ1v) is 17.0. The van der Waals surface area contributed by atoms with Crippen molar-refractivity contribution >= 4 is 65.3 Å². The van der Waals surface area contributed by atoms with E-state index in [1.165, 1.54) is 0 Å². The molecule has 52 heavy (non-hydrogen) atoms. The average molecular weight is 671 g/mol. The summed E-state index contributed by atoms with van der Waals surface area (Å²) < 4.78 is 63.8. The van der Waals surface area contributed by atoms with Gasteiger partial charge in [-0.1, -0.05) is 139 Å². The van der Waals surface area contributed by atoms with Crippen LogP contribution in [-0.4, -0.2) is 19.5 Å². The Morgan fingerprint density at radius 2 is 1.13 bits per heavy atom. The van der Waals surface area contributed by atoms with Gasteiger partial charge in [0.1, 0.15) is 11.2 Å². The maximum absolute atomic E-state index is 10.3. The van der Waals surface area contributed by atoms with Gasteiger partial charge in [-0.05, 0) is 40.4 Å². The summed E-state index contributed by atoms with van der Waals surface area (Å²) in [4.78, 5) is 14.9. The van der Waals surface area contributed by atoms with Crippen molar-refractivity contribution < 1.29 is 12.6 Å². The average Bonchev–Trinajstić information content (AvgIpc) is 3.81. The molecule has 242 valence electrons. The molecule has 0 aliphatic carbocycles. The van der Waals surface area contributed by atoms with Crippen LogP contribution in [0.15, 0.2) is 174 Å². The number of para-hydroxylation sites is 1. The van der Waals surface area contributed by atoms with E-state index in [1.54, 1.807) is 0 Å². The standard InChI is InChI=1S/C47H28N4O/c1-3-14-30(15-4-1)45-48-46(31-16-5-2-6-17-31)50-47(49-45)39-27-34(28-42-43(39)37-21-11-12-22-41(37)52-42)51-40-26-33-19-8-7-18-32(33)25-38(40)36-24-23-29-13-9-10-20-35(29)44(36)51/h1-28H/i11D,12D,21D,22D,27D,28D. The van der Waals surface area contributed by atoms with E-state index in [2.05, 4.69) is 30.3 Å². The van der Waals surface area contributed by atoms with Gasteiger partial charge in [-0.2, -0.15) is 0 Å². The Labute approximate surface area is 306 Å². The fourth-order valence-electron chi connectivity index (χ4n) is 7.36. The first kappa shape index (κ1) is 23.3. The molecule has 0 atom stereocenters. The second-order valence-electron chi connectivity index (χ2n) is 12.8. The lowest BCUT2D eigenvalue weighted by Gasteiger charge is -2.14. The molecule has 8 aromatic carbocycles. The summed E-state index contributed by atoms with van der Waals surface area (Å²) in [5, 5.41) is 5.99. The summed E-state index contributed by atoms with van der Waals surface area (Å²) in [5.41, 5.74) is 3.19. The zero-order valence-corrected chi connectivity index (χ0v) is 27.4. The van der Waals surface area contributed by atoms with Gasteiger partial charge in [-0.25, -0.2) is 15.0 Å². The molecule has 3 heterocycles. The van der Waals surface area contributed by atoms with E-state index in [1.807, 2.05) is 108 Å². The van der Waals surface area contributed by atoms with Crippen LogP contribution in [0.2, 0.25) is 0 Å². The second kappa shape index (κ2) is 11.2. The molecule has 0 bridgehead atoms. The van der Waals surface area contributed by atoms with Crippen LogP contribution in [0.3, 0.4) is 0 Å². The maximum atomic E-state index is 10.3. The molecule has 3 aromatic heterocycles. The summed E-state index contributed by atoms with van der Waals surface area (Å²) in [7, 11) is 0. The maximum Gasteiger partial charge on any atom is 0.164 e. The van der Waals surface area contributed by atoms with E-state index in [4.69, 9.17) is 24.9 Å². The Kier molecular flexibility index (Phi) is 5.03. The highest BCUT2D eigenvalue weighted by Gasteiger charge is 2.22. The third-order valence-corrected chi connectivity index (χ3v) is 9.73. The third kappa shape index (κ3) is 4.39. The summed E-state index contributed by atoms with van der Waals surface area (Å²) >= 11 is 0. The normalized spacial score (nSPS) is 13.5. The van der Waals surface area contributed by atoms with Gasteiger partial charge in [-0.3, -0.25) is 0 Å². The lowest BCUT2D eigenvalue weighted by molar-refractivity contribution is 0.668. The molecule has 5 heteroatoms. The molecule has 11 rings (SSSR count). The molecule has 0 fully saturated rings. The van der Waals surface area contributed by atoms with Crippen molar-refractivity contribution in [1.29, 1.82) is 0 Å². The Morgan fingerprint density at radius 1 is 0.500 bits per heavy atom. The number of rotatable bonds is 4. The minimum absolute atomic E-state index is 0.0121. The highest BCUT2D eigenvalue weighted by atomic mass is 16.3. The number of benzene rings is 8. The van der Waals surface area contributed by atoms with Crippen molar-refractivity contribution in [3.63, 3.8) is 0 Å². The van der Waals surface area contributed by atoms with Gasteiger partial charge < -0.3 is 8.98 Å². The van der Waals surface area contributed by atoms with Crippen molar-refractivity contribution in [3.8, 4) is 39.9 Å². The molecule has 5 nitrogen and oxygen atoms in total.